The Labute approximate surface area is 51.9 Å². The average molecular weight is 121 g/mol. The van der Waals surface area contributed by atoms with Crippen molar-refractivity contribution in [3.63, 3.8) is 0 Å². The van der Waals surface area contributed by atoms with Crippen LogP contribution < -0.4 is 0 Å². The molecule has 0 saturated heterocycles. The Hall–Kier alpha value is -1.65. The fourth-order valence-electron chi connectivity index (χ4n) is 0.227. The van der Waals surface area contributed by atoms with Gasteiger partial charge in [0.2, 0.25) is 0 Å². The van der Waals surface area contributed by atoms with Crippen molar-refractivity contribution in [1.29, 1.82) is 5.26 Å². The first-order valence-electron chi connectivity index (χ1n) is 2.11. The zero-order chi connectivity index (χ0) is 7.11. The van der Waals surface area contributed by atoms with Gasteiger partial charge in [-0.3, -0.25) is 4.79 Å². The van der Waals surface area contributed by atoms with Crippen LogP contribution >= 0.6 is 0 Å². The third kappa shape index (κ3) is 2.98. The summed E-state index contributed by atoms with van der Waals surface area (Å²) in [6.45, 7) is 0. The maximum Gasteiger partial charge on any atom is 0.160 e. The summed E-state index contributed by atoms with van der Waals surface area (Å²) in [5.74, 6) is 1.41. The van der Waals surface area contributed by atoms with E-state index < -0.39 is 0 Å². The smallest absolute Gasteiger partial charge is 0.160 e. The first-order valence-corrected chi connectivity index (χ1v) is 2.11. The van der Waals surface area contributed by atoms with Crippen LogP contribution in [0.4, 0.5) is 0 Å². The number of rotatable bonds is 2. The molecule has 0 aliphatic carbocycles. The first-order chi connectivity index (χ1) is 4.35. The highest BCUT2D eigenvalue weighted by Crippen LogP contribution is 1.83. The van der Waals surface area contributed by atoms with Crippen LogP contribution in [0, 0.1) is 11.3 Å². The Morgan fingerprint density at radius 1 is 1.56 bits per heavy atom. The van der Waals surface area contributed by atoms with Gasteiger partial charge in [0.25, 0.3) is 0 Å². The van der Waals surface area contributed by atoms with Gasteiger partial charge in [-0.15, -0.1) is 0 Å². The van der Waals surface area contributed by atoms with Crippen LogP contribution in [0.1, 0.15) is 0 Å². The molecule has 0 rings (SSSR count). The maximum atomic E-state index is 9.80. The van der Waals surface area contributed by atoms with Gasteiger partial charge in [0, 0.05) is 6.08 Å². The zero-order valence-corrected chi connectivity index (χ0v) is 4.50. The molecule has 0 aromatic rings. The van der Waals surface area contributed by atoms with Gasteiger partial charge >= 0.3 is 0 Å². The van der Waals surface area contributed by atoms with E-state index in [1.165, 1.54) is 5.94 Å². The van der Waals surface area contributed by atoms with Crippen molar-refractivity contribution in [1.82, 2.24) is 0 Å². The monoisotopic (exact) mass is 121 g/mol. The number of nitriles is 1. The molecule has 3 nitrogen and oxygen atoms in total. The van der Waals surface area contributed by atoms with Crippen LogP contribution in [0.2, 0.25) is 0 Å². The van der Waals surface area contributed by atoms with Crippen molar-refractivity contribution in [2.45, 2.75) is 0 Å². The quantitative estimate of drug-likeness (QED) is 0.170. The summed E-state index contributed by atoms with van der Waals surface area (Å²) >= 11 is 0. The van der Waals surface area contributed by atoms with E-state index in [0.717, 1.165) is 12.2 Å². The number of carbonyl (C=O) groups excluding carboxylic acids is 2. The average Bonchev–Trinajstić information content (AvgIpc) is 1.91. The van der Waals surface area contributed by atoms with Crippen molar-refractivity contribution in [3.8, 4) is 6.07 Å². The molecule has 0 fully saturated rings. The molecule has 0 heterocycles. The Balaban J connectivity index is 4.29. The lowest BCUT2D eigenvalue weighted by molar-refractivity contribution is -0.104. The molecular formula is C6H3NO2. The second-order valence-electron chi connectivity index (χ2n) is 1.14. The van der Waals surface area contributed by atoms with Crippen LogP contribution in [-0.2, 0) is 9.59 Å². The molecule has 9 heavy (non-hydrogen) atoms. The van der Waals surface area contributed by atoms with E-state index in [1.54, 1.807) is 6.07 Å². The normalized spacial score (nSPS) is 9.00. The largest absolute Gasteiger partial charge is 0.297 e. The Morgan fingerprint density at radius 2 is 2.22 bits per heavy atom. The van der Waals surface area contributed by atoms with Gasteiger partial charge in [-0.2, -0.15) is 5.26 Å². The molecule has 0 saturated carbocycles. The van der Waals surface area contributed by atoms with E-state index >= 15 is 0 Å². The fraction of sp³-hybridized carbons (Fsp3) is 0. The van der Waals surface area contributed by atoms with Gasteiger partial charge < -0.3 is 0 Å². The van der Waals surface area contributed by atoms with Gasteiger partial charge in [-0.05, 0) is 6.08 Å². The third-order valence-electron chi connectivity index (χ3n) is 0.587. The summed E-state index contributed by atoms with van der Waals surface area (Å²) in [4.78, 5) is 19.3. The third-order valence-corrected chi connectivity index (χ3v) is 0.587. The molecule has 0 aromatic carbocycles. The predicted molar refractivity (Wildman–Crippen MR) is 30.0 cm³/mol. The fourth-order valence-corrected chi connectivity index (χ4v) is 0.227. The standard InChI is InChI=1S/C6H3NO2/c7-4-6(5-9)2-1-3-8/h1-2,5H/b6-2-. The minimum atomic E-state index is -0.0849. The Kier molecular flexibility index (Phi) is 3.68. The summed E-state index contributed by atoms with van der Waals surface area (Å²) in [5.41, 5.74) is -0.0849. The van der Waals surface area contributed by atoms with Crippen LogP contribution in [0.15, 0.2) is 17.7 Å². The lowest BCUT2D eigenvalue weighted by atomic mass is 10.3. The van der Waals surface area contributed by atoms with Crippen molar-refractivity contribution in [2.75, 3.05) is 0 Å². The number of hydrogen-bond acceptors (Lipinski definition) is 3. The summed E-state index contributed by atoms with van der Waals surface area (Å²) in [7, 11) is 0. The van der Waals surface area contributed by atoms with Gasteiger partial charge in [0.1, 0.15) is 12.0 Å². The molecule has 3 heteroatoms. The molecule has 0 bridgehead atoms. The van der Waals surface area contributed by atoms with Gasteiger partial charge in [0.05, 0.1) is 5.57 Å². The van der Waals surface area contributed by atoms with Gasteiger partial charge in [-0.1, -0.05) is 0 Å². The number of nitrogens with zero attached hydrogens (tertiary/aromatic N) is 1. The SMILES string of the molecule is N#C/C(C=O)=C/C=C=O. The lowest BCUT2D eigenvalue weighted by Gasteiger charge is -1.71. The molecule has 44 valence electrons. The second kappa shape index (κ2) is 4.51. The maximum absolute atomic E-state index is 9.80. The van der Waals surface area contributed by atoms with E-state index in [2.05, 4.69) is 0 Å². The number of allylic oxidation sites excluding steroid dienone is 3. The van der Waals surface area contributed by atoms with E-state index in [9.17, 15) is 9.59 Å². The van der Waals surface area contributed by atoms with Crippen LogP contribution in [0.25, 0.3) is 0 Å². The van der Waals surface area contributed by atoms with E-state index in [-0.39, 0.29) is 5.57 Å². The Morgan fingerprint density at radius 3 is 2.56 bits per heavy atom. The van der Waals surface area contributed by atoms with Crippen molar-refractivity contribution < 1.29 is 9.59 Å². The summed E-state index contributed by atoms with van der Waals surface area (Å²) in [6.07, 6.45) is 2.43. The molecule has 0 radical (unpaired) electrons. The van der Waals surface area contributed by atoms with Crippen LogP contribution in [0.5, 0.6) is 0 Å². The van der Waals surface area contributed by atoms with E-state index in [0.29, 0.717) is 6.29 Å². The molecule has 0 spiro atoms. The predicted octanol–water partition coefficient (Wildman–Crippen LogP) is 0.0231. The highest BCUT2D eigenvalue weighted by molar-refractivity contribution is 5.80. The first kappa shape index (κ1) is 7.35. The van der Waals surface area contributed by atoms with Crippen LogP contribution in [0.3, 0.4) is 0 Å². The molecular weight excluding hydrogens is 118 g/mol. The topological polar surface area (TPSA) is 57.9 Å². The number of hydrogen-bond donors (Lipinski definition) is 0. The van der Waals surface area contributed by atoms with E-state index in [4.69, 9.17) is 5.26 Å². The highest BCUT2D eigenvalue weighted by atomic mass is 16.1. The lowest BCUT2D eigenvalue weighted by Crippen LogP contribution is -1.75. The molecule has 0 amide bonds. The van der Waals surface area contributed by atoms with Gasteiger partial charge in [-0.25, -0.2) is 4.79 Å². The molecule has 0 atom stereocenters. The summed E-state index contributed by atoms with van der Waals surface area (Å²) < 4.78 is 0. The molecule has 0 aliphatic heterocycles. The minimum absolute atomic E-state index is 0.0849. The molecule has 0 N–H and O–H groups in total. The molecule has 0 unspecified atom stereocenters. The number of carbonyl (C=O) groups is 1. The summed E-state index contributed by atoms with van der Waals surface area (Å²) in [6, 6.07) is 1.57. The van der Waals surface area contributed by atoms with Crippen molar-refractivity contribution in [3.05, 3.63) is 17.7 Å². The highest BCUT2D eigenvalue weighted by Gasteiger charge is 1.84. The minimum Gasteiger partial charge on any atom is -0.297 e. The second-order valence-corrected chi connectivity index (χ2v) is 1.14. The van der Waals surface area contributed by atoms with Crippen molar-refractivity contribution in [2.24, 2.45) is 0 Å². The summed E-state index contributed by atoms with van der Waals surface area (Å²) in [5, 5.41) is 8.05. The zero-order valence-electron chi connectivity index (χ0n) is 4.50. The molecule has 0 aliphatic rings. The van der Waals surface area contributed by atoms with Gasteiger partial charge in [0.15, 0.2) is 6.29 Å². The Bertz CT molecular complexity index is 216. The van der Waals surface area contributed by atoms with E-state index in [1.807, 2.05) is 0 Å². The van der Waals surface area contributed by atoms with Crippen molar-refractivity contribution >= 4 is 12.2 Å². The number of aldehydes is 1. The molecule has 0 aromatic heterocycles. The van der Waals surface area contributed by atoms with Crippen LogP contribution in [-0.4, -0.2) is 12.2 Å².